The molecule has 1 aromatic heterocycles. The first kappa shape index (κ1) is 13.5. The van der Waals surface area contributed by atoms with Crippen LogP contribution in [0.25, 0.3) is 11.0 Å². The Morgan fingerprint density at radius 3 is 2.75 bits per heavy atom. The molecule has 0 spiro atoms. The van der Waals surface area contributed by atoms with Crippen LogP contribution in [0.2, 0.25) is 10.0 Å². The summed E-state index contributed by atoms with van der Waals surface area (Å²) < 4.78 is 8.26. The number of rotatable bonds is 1. The van der Waals surface area contributed by atoms with Gasteiger partial charge in [0.1, 0.15) is 11.0 Å². The van der Waals surface area contributed by atoms with E-state index in [0.717, 1.165) is 11.7 Å². The molecule has 0 saturated carbocycles. The van der Waals surface area contributed by atoms with Gasteiger partial charge in [-0.2, -0.15) is 8.75 Å². The van der Waals surface area contributed by atoms with Crippen LogP contribution < -0.4 is 10.2 Å². The zero-order chi connectivity index (χ0) is 14.3. The quantitative estimate of drug-likeness (QED) is 0.865. The Morgan fingerprint density at radius 2 is 1.95 bits per heavy atom. The molecule has 20 heavy (non-hydrogen) atoms. The maximum Gasteiger partial charge on any atom is 0.246 e. The smallest absolute Gasteiger partial charge is 0.246 e. The topological polar surface area (TPSA) is 75.2 Å². The molecule has 104 valence electrons. The van der Waals surface area contributed by atoms with Gasteiger partial charge < -0.3 is 10.2 Å². The van der Waals surface area contributed by atoms with Gasteiger partial charge in [0, 0.05) is 13.0 Å². The number of hydrogen-bond acceptors (Lipinski definition) is 5. The maximum atomic E-state index is 12.1. The first-order chi connectivity index (χ1) is 9.58. The highest BCUT2D eigenvalue weighted by atomic mass is 35.5. The Hall–Kier alpha value is -1.44. The van der Waals surface area contributed by atoms with Gasteiger partial charge in [0.15, 0.2) is 0 Å². The van der Waals surface area contributed by atoms with Gasteiger partial charge in [0.05, 0.1) is 34.0 Å². The summed E-state index contributed by atoms with van der Waals surface area (Å²) in [5.41, 5.74) is 1.45. The molecule has 1 aromatic carbocycles. The van der Waals surface area contributed by atoms with Gasteiger partial charge in [-0.3, -0.25) is 9.59 Å². The number of carbonyl (C=O) groups is 2. The summed E-state index contributed by atoms with van der Waals surface area (Å²) in [5.74, 6) is -0.409. The molecule has 0 radical (unpaired) electrons. The molecule has 1 aliphatic heterocycles. The Balaban J connectivity index is 2.15. The van der Waals surface area contributed by atoms with Gasteiger partial charge in [0.25, 0.3) is 0 Å². The SMILES string of the molecule is O=C1CCN(c2c(Cl)cc(Cl)c3nsnc23)C(=O)CN1. The monoisotopic (exact) mass is 330 g/mol. The molecule has 2 amide bonds. The molecule has 6 nitrogen and oxygen atoms in total. The number of halogens is 2. The molecule has 1 N–H and O–H groups in total. The van der Waals surface area contributed by atoms with Crippen molar-refractivity contribution >= 4 is 63.5 Å². The first-order valence-electron chi connectivity index (χ1n) is 5.75. The van der Waals surface area contributed by atoms with Crippen LogP contribution in [0.4, 0.5) is 5.69 Å². The zero-order valence-corrected chi connectivity index (χ0v) is 12.3. The Kier molecular flexibility index (Phi) is 3.49. The van der Waals surface area contributed by atoms with Crippen LogP contribution in [-0.4, -0.2) is 33.7 Å². The van der Waals surface area contributed by atoms with Crippen molar-refractivity contribution in [2.75, 3.05) is 18.0 Å². The molecule has 9 heteroatoms. The lowest BCUT2D eigenvalue weighted by Gasteiger charge is -2.21. The van der Waals surface area contributed by atoms with Gasteiger partial charge in [-0.05, 0) is 6.07 Å². The van der Waals surface area contributed by atoms with Crippen molar-refractivity contribution < 1.29 is 9.59 Å². The fraction of sp³-hybridized carbons (Fsp3) is 0.273. The predicted octanol–water partition coefficient (Wildman–Crippen LogP) is 1.85. The van der Waals surface area contributed by atoms with Crippen LogP contribution in [0.1, 0.15) is 6.42 Å². The molecule has 3 rings (SSSR count). The number of hydrogen-bond donors (Lipinski definition) is 1. The summed E-state index contributed by atoms with van der Waals surface area (Å²) in [5, 5.41) is 3.24. The van der Waals surface area contributed by atoms with E-state index in [0.29, 0.717) is 26.8 Å². The lowest BCUT2D eigenvalue weighted by atomic mass is 10.2. The van der Waals surface area contributed by atoms with E-state index >= 15 is 0 Å². The third-order valence-corrected chi connectivity index (χ3v) is 4.09. The third kappa shape index (κ3) is 2.21. The second-order valence-corrected chi connectivity index (χ2v) is 5.57. The number of benzene rings is 1. The minimum absolute atomic E-state index is 0.0587. The number of nitrogens with zero attached hydrogens (tertiary/aromatic N) is 3. The average molecular weight is 331 g/mol. The lowest BCUT2D eigenvalue weighted by molar-refractivity contribution is -0.123. The van der Waals surface area contributed by atoms with Gasteiger partial charge in [-0.25, -0.2) is 0 Å². The number of nitrogens with one attached hydrogen (secondary N) is 1. The van der Waals surface area contributed by atoms with Crippen LogP contribution in [0.3, 0.4) is 0 Å². The van der Waals surface area contributed by atoms with E-state index < -0.39 is 0 Å². The van der Waals surface area contributed by atoms with E-state index in [1.807, 2.05) is 0 Å². The molecule has 1 saturated heterocycles. The van der Waals surface area contributed by atoms with E-state index in [4.69, 9.17) is 23.2 Å². The molecule has 1 fully saturated rings. The number of aromatic nitrogens is 2. The fourth-order valence-electron chi connectivity index (χ4n) is 2.05. The number of amides is 2. The minimum atomic E-state index is -0.241. The second kappa shape index (κ2) is 5.16. The Bertz CT molecular complexity index is 718. The normalized spacial score (nSPS) is 16.4. The highest BCUT2D eigenvalue weighted by Gasteiger charge is 2.27. The standard InChI is InChI=1S/C11H8Cl2N4O2S/c12-5-3-6(13)11(10-9(5)15-20-16-10)17-2-1-7(18)14-4-8(17)19/h3H,1-2,4H2,(H,14,18). The van der Waals surface area contributed by atoms with E-state index in [2.05, 4.69) is 14.1 Å². The molecule has 1 aliphatic rings. The van der Waals surface area contributed by atoms with E-state index in [-0.39, 0.29) is 31.3 Å². The molecular formula is C11H8Cl2N4O2S. The summed E-state index contributed by atoms with van der Waals surface area (Å²) in [6, 6.07) is 1.54. The van der Waals surface area contributed by atoms with Crippen molar-refractivity contribution in [2.24, 2.45) is 0 Å². The van der Waals surface area contributed by atoms with Crippen molar-refractivity contribution in [3.05, 3.63) is 16.1 Å². The number of fused-ring (bicyclic) bond motifs is 1. The van der Waals surface area contributed by atoms with Crippen LogP contribution in [0, 0.1) is 0 Å². The molecule has 0 unspecified atom stereocenters. The van der Waals surface area contributed by atoms with E-state index in [1.165, 1.54) is 11.0 Å². The van der Waals surface area contributed by atoms with Gasteiger partial charge in [0.2, 0.25) is 11.8 Å². The van der Waals surface area contributed by atoms with Crippen molar-refractivity contribution in [2.45, 2.75) is 6.42 Å². The number of anilines is 1. The van der Waals surface area contributed by atoms with Crippen LogP contribution in [-0.2, 0) is 9.59 Å². The Morgan fingerprint density at radius 1 is 1.20 bits per heavy atom. The minimum Gasteiger partial charge on any atom is -0.347 e. The highest BCUT2D eigenvalue weighted by Crippen LogP contribution is 2.38. The van der Waals surface area contributed by atoms with Crippen LogP contribution in [0.15, 0.2) is 6.07 Å². The zero-order valence-electron chi connectivity index (χ0n) is 10.0. The average Bonchev–Trinajstić information content (AvgIpc) is 2.82. The van der Waals surface area contributed by atoms with Gasteiger partial charge in [-0.1, -0.05) is 23.2 Å². The van der Waals surface area contributed by atoms with E-state index in [1.54, 1.807) is 0 Å². The summed E-state index contributed by atoms with van der Waals surface area (Å²) in [6.07, 6.45) is 0.212. The molecule has 0 aliphatic carbocycles. The third-order valence-electron chi connectivity index (χ3n) is 2.99. The summed E-state index contributed by atoms with van der Waals surface area (Å²) in [6.45, 7) is 0.190. The summed E-state index contributed by atoms with van der Waals surface area (Å²) in [4.78, 5) is 25.0. The fourth-order valence-corrected chi connectivity index (χ4v) is 3.26. The summed E-state index contributed by atoms with van der Waals surface area (Å²) in [7, 11) is 0. The van der Waals surface area contributed by atoms with Crippen molar-refractivity contribution in [1.82, 2.24) is 14.1 Å². The maximum absolute atomic E-state index is 12.1. The predicted molar refractivity (Wildman–Crippen MR) is 77.4 cm³/mol. The van der Waals surface area contributed by atoms with Crippen molar-refractivity contribution in [3.63, 3.8) is 0 Å². The summed E-state index contributed by atoms with van der Waals surface area (Å²) >= 11 is 13.3. The molecule has 2 aromatic rings. The van der Waals surface area contributed by atoms with Crippen molar-refractivity contribution in [1.29, 1.82) is 0 Å². The first-order valence-corrected chi connectivity index (χ1v) is 7.24. The largest absolute Gasteiger partial charge is 0.347 e. The van der Waals surface area contributed by atoms with Crippen LogP contribution >= 0.6 is 34.9 Å². The van der Waals surface area contributed by atoms with Gasteiger partial charge >= 0.3 is 0 Å². The van der Waals surface area contributed by atoms with Gasteiger partial charge in [-0.15, -0.1) is 0 Å². The van der Waals surface area contributed by atoms with Crippen molar-refractivity contribution in [3.8, 4) is 0 Å². The number of carbonyl (C=O) groups excluding carboxylic acids is 2. The molecule has 0 bridgehead atoms. The lowest BCUT2D eigenvalue weighted by Crippen LogP contribution is -2.35. The molecule has 2 heterocycles. The highest BCUT2D eigenvalue weighted by molar-refractivity contribution is 7.00. The Labute approximate surface area is 128 Å². The molecular weight excluding hydrogens is 323 g/mol. The second-order valence-electron chi connectivity index (χ2n) is 4.22. The van der Waals surface area contributed by atoms with Crippen LogP contribution in [0.5, 0.6) is 0 Å². The van der Waals surface area contributed by atoms with E-state index in [9.17, 15) is 9.59 Å². The molecule has 0 atom stereocenters.